The van der Waals surface area contributed by atoms with Crippen molar-refractivity contribution in [1.29, 1.82) is 0 Å². The molecule has 346 valence electrons. The summed E-state index contributed by atoms with van der Waals surface area (Å²) in [4.78, 5) is 112. The van der Waals surface area contributed by atoms with Gasteiger partial charge in [-0.25, -0.2) is 18.8 Å². The second-order valence-corrected chi connectivity index (χ2v) is 17.5. The molecular weight excluding hydrogens is 841 g/mol. The number of rotatable bonds is 18. The number of carboxylic acid groups (broad SMARTS) is 2. The van der Waals surface area contributed by atoms with Crippen LogP contribution < -0.4 is 26.1 Å². The fraction of sp³-hybridized carbons (Fsp3) is 0.477. The lowest BCUT2D eigenvalue weighted by molar-refractivity contribution is -0.154. The number of nitrogens with zero attached hydrogens (tertiary/aromatic N) is 3. The number of carbonyl (C=O) groups is 8. The molecule has 1 aliphatic heterocycles. The number of para-hydroxylation sites is 2. The average molecular weight is 896 g/mol. The van der Waals surface area contributed by atoms with Gasteiger partial charge in [-0.15, -0.1) is 0 Å². The van der Waals surface area contributed by atoms with Crippen LogP contribution in [0.25, 0.3) is 10.9 Å². The molecule has 0 saturated carbocycles. The zero-order chi connectivity index (χ0) is 47.6. The minimum absolute atomic E-state index is 0.0144. The smallest absolute Gasteiger partial charge is 0.325 e. The number of aliphatic carboxylic acids is 2. The summed E-state index contributed by atoms with van der Waals surface area (Å²) in [6.07, 6.45) is -0.269. The number of likely N-dealkylation sites (tertiary alicyclic amines) is 1. The van der Waals surface area contributed by atoms with Crippen molar-refractivity contribution in [3.8, 4) is 5.75 Å². The van der Waals surface area contributed by atoms with Crippen LogP contribution in [0.4, 0.5) is 8.78 Å². The highest BCUT2D eigenvalue weighted by atomic mass is 19.1. The summed E-state index contributed by atoms with van der Waals surface area (Å²) in [5.41, 5.74) is 2.40. The van der Waals surface area contributed by atoms with Crippen LogP contribution in [-0.2, 0) is 33.6 Å². The van der Waals surface area contributed by atoms with Gasteiger partial charge in [0, 0.05) is 11.9 Å². The third kappa shape index (κ3) is 13.4. The molecular formula is C44H55F2N7O11. The number of pyridine rings is 1. The Morgan fingerprint density at radius 2 is 1.47 bits per heavy atom. The zero-order valence-corrected chi connectivity index (χ0v) is 36.6. The summed E-state index contributed by atoms with van der Waals surface area (Å²) in [6, 6.07) is 7.37. The van der Waals surface area contributed by atoms with Crippen molar-refractivity contribution < 1.29 is 62.1 Å². The topological polar surface area (TPSA) is 254 Å². The Bertz CT molecular complexity index is 2230. The molecule has 0 bridgehead atoms. The van der Waals surface area contributed by atoms with Gasteiger partial charge in [-0.2, -0.15) is 0 Å². The summed E-state index contributed by atoms with van der Waals surface area (Å²) in [6.45, 7) is 9.94. The van der Waals surface area contributed by atoms with Crippen molar-refractivity contribution in [2.24, 2.45) is 23.2 Å². The number of ether oxygens (including phenoxy) is 1. The monoisotopic (exact) mass is 895 g/mol. The maximum absolute atomic E-state index is 14.5. The van der Waals surface area contributed by atoms with Crippen LogP contribution >= 0.6 is 0 Å². The lowest BCUT2D eigenvalue weighted by Gasteiger charge is -2.35. The van der Waals surface area contributed by atoms with E-state index in [9.17, 15) is 57.4 Å². The van der Waals surface area contributed by atoms with Gasteiger partial charge in [0.05, 0.1) is 11.9 Å². The number of hydrazine groups is 1. The molecule has 0 radical (unpaired) electrons. The molecule has 20 heteroatoms. The molecule has 1 unspecified atom stereocenters. The molecule has 1 aromatic heterocycles. The van der Waals surface area contributed by atoms with Crippen LogP contribution in [-0.4, -0.2) is 116 Å². The van der Waals surface area contributed by atoms with E-state index >= 15 is 0 Å². The Morgan fingerprint density at radius 1 is 0.828 bits per heavy atom. The van der Waals surface area contributed by atoms with E-state index in [1.807, 2.05) is 32.9 Å². The van der Waals surface area contributed by atoms with E-state index in [0.717, 1.165) is 23.6 Å². The van der Waals surface area contributed by atoms with Gasteiger partial charge in [0.1, 0.15) is 36.4 Å². The van der Waals surface area contributed by atoms with Gasteiger partial charge in [0.25, 0.3) is 17.7 Å². The molecule has 64 heavy (non-hydrogen) atoms. The first-order valence-corrected chi connectivity index (χ1v) is 20.7. The van der Waals surface area contributed by atoms with Crippen LogP contribution in [0.5, 0.6) is 5.75 Å². The van der Waals surface area contributed by atoms with E-state index in [0.29, 0.717) is 16.9 Å². The number of aromatic nitrogens is 1. The van der Waals surface area contributed by atoms with E-state index in [1.165, 1.54) is 11.0 Å². The first-order chi connectivity index (χ1) is 30.0. The molecule has 6 amide bonds. The van der Waals surface area contributed by atoms with E-state index in [1.54, 1.807) is 45.9 Å². The second-order valence-electron chi connectivity index (χ2n) is 17.5. The fourth-order valence-corrected chi connectivity index (χ4v) is 7.35. The summed E-state index contributed by atoms with van der Waals surface area (Å²) < 4.78 is 33.4. The van der Waals surface area contributed by atoms with Gasteiger partial charge >= 0.3 is 11.9 Å². The second kappa shape index (κ2) is 21.6. The van der Waals surface area contributed by atoms with Crippen molar-refractivity contribution in [2.45, 2.75) is 91.9 Å². The Hall–Kier alpha value is -6.73. The summed E-state index contributed by atoms with van der Waals surface area (Å²) in [5.74, 6) is -13.5. The van der Waals surface area contributed by atoms with Crippen LogP contribution in [0, 0.1) is 34.8 Å². The Kier molecular flexibility index (Phi) is 16.8. The first-order valence-electron chi connectivity index (χ1n) is 20.7. The molecule has 1 saturated heterocycles. The third-order valence-corrected chi connectivity index (χ3v) is 10.4. The lowest BCUT2D eigenvalue weighted by Crippen LogP contribution is -2.61. The number of hydrogen-bond acceptors (Lipinski definition) is 10. The number of halogens is 2. The van der Waals surface area contributed by atoms with E-state index in [-0.39, 0.29) is 18.7 Å². The highest BCUT2D eigenvalue weighted by Gasteiger charge is 2.46. The predicted molar refractivity (Wildman–Crippen MR) is 226 cm³/mol. The molecule has 2 heterocycles. The van der Waals surface area contributed by atoms with E-state index in [2.05, 4.69) is 26.4 Å². The fourth-order valence-electron chi connectivity index (χ4n) is 7.35. The number of carboxylic acids is 2. The minimum atomic E-state index is -1.74. The highest BCUT2D eigenvalue weighted by Crippen LogP contribution is 2.36. The normalized spacial score (nSPS) is 16.4. The van der Waals surface area contributed by atoms with E-state index < -0.39 is 132 Å². The molecule has 4 rings (SSSR count). The maximum atomic E-state index is 14.5. The lowest BCUT2D eigenvalue weighted by atomic mass is 9.81. The molecule has 6 N–H and O–H groups in total. The predicted octanol–water partition coefficient (Wildman–Crippen LogP) is 3.04. The van der Waals surface area contributed by atoms with Gasteiger partial charge in [-0.05, 0) is 60.3 Å². The number of hydrogen-bond donors (Lipinski definition) is 6. The SMILES string of the molecule is CC(C)[C@H](NC(=O)c1ccc2ccccc2n1)C(=O)N[C@@H](CC(=O)O)C(=O)N[C@H](C(=O)N1CC[C@H](CC(C)(C)C)C1C(=O)NN(CC(=O)O)C(=O)COc1c(F)cccc1F)C(C)C. The number of nitrogens with one attached hydrogen (secondary N) is 4. The van der Waals surface area contributed by atoms with Gasteiger partial charge in [0.15, 0.2) is 24.0 Å². The summed E-state index contributed by atoms with van der Waals surface area (Å²) >= 11 is 0. The molecule has 1 fully saturated rings. The molecule has 0 spiro atoms. The van der Waals surface area contributed by atoms with Crippen LogP contribution in [0.15, 0.2) is 54.6 Å². The summed E-state index contributed by atoms with van der Waals surface area (Å²) in [5, 5.41) is 28.1. The zero-order valence-electron chi connectivity index (χ0n) is 36.6. The van der Waals surface area contributed by atoms with Gasteiger partial charge in [-0.3, -0.25) is 43.8 Å². The van der Waals surface area contributed by atoms with Gasteiger partial charge in [-0.1, -0.05) is 78.8 Å². The van der Waals surface area contributed by atoms with Crippen LogP contribution in [0.3, 0.4) is 0 Å². The summed E-state index contributed by atoms with van der Waals surface area (Å²) in [7, 11) is 0. The molecule has 5 atom stereocenters. The number of amides is 6. The third-order valence-electron chi connectivity index (χ3n) is 10.4. The number of benzene rings is 2. The molecule has 1 aliphatic rings. The Balaban J connectivity index is 1.55. The first kappa shape index (κ1) is 49.9. The van der Waals surface area contributed by atoms with Crippen LogP contribution in [0.2, 0.25) is 0 Å². The van der Waals surface area contributed by atoms with Crippen molar-refractivity contribution in [3.63, 3.8) is 0 Å². The van der Waals surface area contributed by atoms with Crippen molar-refractivity contribution in [2.75, 3.05) is 19.7 Å². The molecule has 18 nitrogen and oxygen atoms in total. The number of fused-ring (bicyclic) bond motifs is 1. The largest absolute Gasteiger partial charge is 0.481 e. The van der Waals surface area contributed by atoms with Gasteiger partial charge in [0.2, 0.25) is 17.7 Å². The maximum Gasteiger partial charge on any atom is 0.325 e. The number of carbonyl (C=O) groups excluding carboxylic acids is 6. The minimum Gasteiger partial charge on any atom is -0.481 e. The van der Waals surface area contributed by atoms with Crippen LogP contribution in [0.1, 0.15) is 78.2 Å². The Morgan fingerprint density at radius 3 is 2.06 bits per heavy atom. The van der Waals surface area contributed by atoms with Crippen molar-refractivity contribution in [3.05, 3.63) is 71.9 Å². The van der Waals surface area contributed by atoms with E-state index in [4.69, 9.17) is 4.74 Å². The standard InChI is InChI=1S/C44H55F2N7O11/c1-23(2)35(49-39(59)30-16-15-25-11-8-9-14-29(25)47-30)41(61)48-31(19-33(55)56)40(60)50-36(24(3)4)43(63)52-18-17-26(20-44(5,6)7)37(52)42(62)51-53(21-34(57)58)32(54)22-64-38-27(45)12-10-13-28(38)46/h8-16,23-24,26,31,35-37H,17-22H2,1-7H3,(H,48,61)(H,49,59)(H,50,60)(H,51,62)(H,55,56)(H,57,58)/t26-,31+,35+,36+,37?/m1/s1. The Labute approximate surface area is 368 Å². The average Bonchev–Trinajstić information content (AvgIpc) is 3.62. The van der Waals surface area contributed by atoms with Gasteiger partial charge < -0.3 is 35.8 Å². The quantitative estimate of drug-likeness (QED) is 0.101. The highest BCUT2D eigenvalue weighted by molar-refractivity contribution is 6.00. The molecule has 2 aromatic carbocycles. The molecule has 3 aromatic rings. The molecule has 0 aliphatic carbocycles. The van der Waals surface area contributed by atoms with Crippen molar-refractivity contribution >= 4 is 58.3 Å². The van der Waals surface area contributed by atoms with Crippen molar-refractivity contribution in [1.82, 2.24) is 36.3 Å².